The van der Waals surface area contributed by atoms with Gasteiger partial charge in [0.15, 0.2) is 0 Å². The molecule has 0 radical (unpaired) electrons. The highest BCUT2D eigenvalue weighted by molar-refractivity contribution is 5.75. The molecule has 0 fully saturated rings. The Balaban J connectivity index is 1.70. The first-order valence-electron chi connectivity index (χ1n) is 9.26. The maximum Gasteiger partial charge on any atom is 0.135 e. The third-order valence-electron chi connectivity index (χ3n) is 4.74. The van der Waals surface area contributed by atoms with E-state index in [1.54, 1.807) is 0 Å². The number of aliphatic hydroxyl groups is 2. The number of fused-ring (bicyclic) bond motifs is 1. The number of para-hydroxylation sites is 2. The molecular weight excluding hydrogens is 340 g/mol. The molecule has 27 heavy (non-hydrogen) atoms. The minimum absolute atomic E-state index is 0.0893. The summed E-state index contributed by atoms with van der Waals surface area (Å²) in [5.74, 6) is 1.32. The zero-order valence-electron chi connectivity index (χ0n) is 16.4. The molecule has 0 aliphatic carbocycles. The molecule has 3 rings (SSSR count). The number of hydrogen-bond acceptors (Lipinski definition) is 4. The van der Waals surface area contributed by atoms with Crippen LogP contribution in [0.15, 0.2) is 42.5 Å². The lowest BCUT2D eigenvalue weighted by Gasteiger charge is -2.21. The lowest BCUT2D eigenvalue weighted by Crippen LogP contribution is -2.25. The average Bonchev–Trinajstić information content (AvgIpc) is 2.97. The lowest BCUT2D eigenvalue weighted by atomic mass is 9.86. The number of hydrogen-bond donors (Lipinski definition) is 2. The highest BCUT2D eigenvalue weighted by Crippen LogP contribution is 2.27. The van der Waals surface area contributed by atoms with Crippen LogP contribution < -0.4 is 4.74 Å². The number of benzene rings is 2. The summed E-state index contributed by atoms with van der Waals surface area (Å²) in [6, 6.07) is 13.8. The fourth-order valence-corrected chi connectivity index (χ4v) is 3.18. The fraction of sp³-hybridized carbons (Fsp3) is 0.409. The van der Waals surface area contributed by atoms with E-state index >= 15 is 0 Å². The molecule has 1 heterocycles. The first-order valence-corrected chi connectivity index (χ1v) is 9.26. The van der Waals surface area contributed by atoms with Crippen LogP contribution in [0.1, 0.15) is 37.7 Å². The van der Waals surface area contributed by atoms with Crippen LogP contribution in [0, 0.1) is 6.92 Å². The van der Waals surface area contributed by atoms with Crippen LogP contribution in [0.2, 0.25) is 0 Å². The molecule has 2 aromatic carbocycles. The van der Waals surface area contributed by atoms with Gasteiger partial charge in [0.05, 0.1) is 17.6 Å². The van der Waals surface area contributed by atoms with E-state index in [1.165, 1.54) is 5.56 Å². The maximum atomic E-state index is 10.5. The van der Waals surface area contributed by atoms with Gasteiger partial charge in [-0.1, -0.05) is 45.0 Å². The van der Waals surface area contributed by atoms with Gasteiger partial charge < -0.3 is 19.5 Å². The molecule has 0 aliphatic heterocycles. The van der Waals surface area contributed by atoms with Crippen LogP contribution >= 0.6 is 0 Å². The molecule has 5 heteroatoms. The predicted octanol–water partition coefficient (Wildman–Crippen LogP) is 3.57. The summed E-state index contributed by atoms with van der Waals surface area (Å²) < 4.78 is 7.70. The Morgan fingerprint density at radius 2 is 1.89 bits per heavy atom. The van der Waals surface area contributed by atoms with Crippen molar-refractivity contribution in [1.82, 2.24) is 9.55 Å². The van der Waals surface area contributed by atoms with E-state index < -0.39 is 6.10 Å². The molecule has 3 aromatic rings. The Hall–Kier alpha value is -2.37. The molecule has 0 saturated heterocycles. The van der Waals surface area contributed by atoms with Crippen LogP contribution in [-0.4, -0.2) is 32.5 Å². The smallest absolute Gasteiger partial charge is 0.135 e. The number of aliphatic hydroxyl groups excluding tert-OH is 2. The topological polar surface area (TPSA) is 67.5 Å². The van der Waals surface area contributed by atoms with E-state index in [0.717, 1.165) is 22.3 Å². The molecule has 0 aliphatic rings. The van der Waals surface area contributed by atoms with Crippen LogP contribution in [-0.2, 0) is 18.6 Å². The second-order valence-electron chi connectivity index (χ2n) is 7.98. The number of rotatable bonds is 6. The molecule has 1 atom stereocenters. The van der Waals surface area contributed by atoms with E-state index in [2.05, 4.69) is 37.9 Å². The molecule has 1 aromatic heterocycles. The van der Waals surface area contributed by atoms with Crippen molar-refractivity contribution in [3.8, 4) is 5.75 Å². The summed E-state index contributed by atoms with van der Waals surface area (Å²) in [4.78, 5) is 4.41. The number of ether oxygens (including phenoxy) is 1. The van der Waals surface area contributed by atoms with Crippen molar-refractivity contribution in [3.63, 3.8) is 0 Å². The minimum Gasteiger partial charge on any atom is -0.491 e. The SMILES string of the molecule is Cc1cc(C(C)(C)C)ccc1OCC(O)Cn1c(CO)nc2ccccc21. The van der Waals surface area contributed by atoms with Gasteiger partial charge >= 0.3 is 0 Å². The Morgan fingerprint density at radius 1 is 1.15 bits per heavy atom. The Bertz CT molecular complexity index is 925. The maximum absolute atomic E-state index is 10.5. The van der Waals surface area contributed by atoms with Gasteiger partial charge in [-0.15, -0.1) is 0 Å². The van der Waals surface area contributed by atoms with Crippen LogP contribution in [0.4, 0.5) is 0 Å². The van der Waals surface area contributed by atoms with Crippen LogP contribution in [0.5, 0.6) is 5.75 Å². The molecule has 2 N–H and O–H groups in total. The molecule has 0 amide bonds. The first-order chi connectivity index (χ1) is 12.8. The van der Waals surface area contributed by atoms with E-state index in [-0.39, 0.29) is 18.6 Å². The van der Waals surface area contributed by atoms with E-state index in [1.807, 2.05) is 41.8 Å². The van der Waals surface area contributed by atoms with Gasteiger partial charge in [-0.25, -0.2) is 4.98 Å². The minimum atomic E-state index is -0.713. The summed E-state index contributed by atoms with van der Waals surface area (Å²) in [7, 11) is 0. The van der Waals surface area contributed by atoms with E-state index in [9.17, 15) is 10.2 Å². The first kappa shape index (κ1) is 19.4. The largest absolute Gasteiger partial charge is 0.491 e. The highest BCUT2D eigenvalue weighted by atomic mass is 16.5. The fourth-order valence-electron chi connectivity index (χ4n) is 3.18. The predicted molar refractivity (Wildman–Crippen MR) is 107 cm³/mol. The van der Waals surface area contributed by atoms with Gasteiger partial charge in [-0.2, -0.15) is 0 Å². The summed E-state index contributed by atoms with van der Waals surface area (Å²) in [6.07, 6.45) is -0.713. The second-order valence-corrected chi connectivity index (χ2v) is 7.98. The number of imidazole rings is 1. The van der Waals surface area contributed by atoms with Gasteiger partial charge in [-0.3, -0.25) is 0 Å². The zero-order valence-corrected chi connectivity index (χ0v) is 16.4. The standard InChI is InChI=1S/C22H28N2O3/c1-15-11-16(22(2,3)4)9-10-20(15)27-14-17(26)12-24-19-8-6-5-7-18(19)23-21(24)13-25/h5-11,17,25-26H,12-14H2,1-4H3. The lowest BCUT2D eigenvalue weighted by molar-refractivity contribution is 0.0911. The Kier molecular flexibility index (Phi) is 5.53. The van der Waals surface area contributed by atoms with E-state index in [4.69, 9.17) is 4.74 Å². The highest BCUT2D eigenvalue weighted by Gasteiger charge is 2.17. The van der Waals surface area contributed by atoms with Crippen molar-refractivity contribution in [1.29, 1.82) is 0 Å². The molecule has 144 valence electrons. The van der Waals surface area contributed by atoms with Crippen LogP contribution in [0.25, 0.3) is 11.0 Å². The quantitative estimate of drug-likeness (QED) is 0.698. The monoisotopic (exact) mass is 368 g/mol. The average molecular weight is 368 g/mol. The number of aryl methyl sites for hydroxylation is 1. The van der Waals surface area contributed by atoms with Crippen molar-refractivity contribution in [2.75, 3.05) is 6.61 Å². The summed E-state index contributed by atoms with van der Waals surface area (Å²) in [5.41, 5.74) is 4.10. The van der Waals surface area contributed by atoms with Crippen molar-refractivity contribution >= 4 is 11.0 Å². The molecule has 0 saturated carbocycles. The van der Waals surface area contributed by atoms with Crippen molar-refractivity contribution in [2.45, 2.75) is 52.4 Å². The second kappa shape index (κ2) is 7.71. The summed E-state index contributed by atoms with van der Waals surface area (Å²) in [6.45, 7) is 8.88. The number of nitrogens with zero attached hydrogens (tertiary/aromatic N) is 2. The molecule has 0 bridgehead atoms. The van der Waals surface area contributed by atoms with Gasteiger partial charge in [0.2, 0.25) is 0 Å². The molecule has 5 nitrogen and oxygen atoms in total. The van der Waals surface area contributed by atoms with Crippen molar-refractivity contribution in [2.24, 2.45) is 0 Å². The van der Waals surface area contributed by atoms with Gasteiger partial charge in [-0.05, 0) is 41.7 Å². The number of aromatic nitrogens is 2. The summed E-state index contributed by atoms with van der Waals surface area (Å²) >= 11 is 0. The van der Waals surface area contributed by atoms with Gasteiger partial charge in [0.1, 0.15) is 30.9 Å². The molecule has 0 spiro atoms. The van der Waals surface area contributed by atoms with Crippen LogP contribution in [0.3, 0.4) is 0 Å². The van der Waals surface area contributed by atoms with Crippen molar-refractivity contribution < 1.29 is 14.9 Å². The third-order valence-corrected chi connectivity index (χ3v) is 4.74. The van der Waals surface area contributed by atoms with Gasteiger partial charge in [0.25, 0.3) is 0 Å². The molecule has 1 unspecified atom stereocenters. The van der Waals surface area contributed by atoms with Crippen molar-refractivity contribution in [3.05, 3.63) is 59.4 Å². The normalized spacial score (nSPS) is 13.1. The third kappa shape index (κ3) is 4.31. The summed E-state index contributed by atoms with van der Waals surface area (Å²) in [5, 5.41) is 20.1. The molecular formula is C22H28N2O3. The van der Waals surface area contributed by atoms with Gasteiger partial charge in [0, 0.05) is 0 Å². The Morgan fingerprint density at radius 3 is 2.56 bits per heavy atom. The Labute approximate surface area is 160 Å². The zero-order chi connectivity index (χ0) is 19.6. The van der Waals surface area contributed by atoms with E-state index in [0.29, 0.717) is 12.4 Å².